The van der Waals surface area contributed by atoms with Gasteiger partial charge in [0.2, 0.25) is 5.88 Å². The van der Waals surface area contributed by atoms with Crippen molar-refractivity contribution in [2.75, 3.05) is 7.11 Å². The van der Waals surface area contributed by atoms with E-state index in [1.807, 2.05) is 24.3 Å². The number of halogens is 1. The van der Waals surface area contributed by atoms with Gasteiger partial charge >= 0.3 is 5.97 Å². The highest BCUT2D eigenvalue weighted by Gasteiger charge is 2.33. The molecule has 0 spiro atoms. The molecule has 0 bridgehead atoms. The number of pyridine rings is 1. The minimum Gasteiger partial charge on any atom is -0.487 e. The van der Waals surface area contributed by atoms with Crippen molar-refractivity contribution in [3.05, 3.63) is 65.5 Å². The van der Waals surface area contributed by atoms with Crippen molar-refractivity contribution in [2.45, 2.75) is 52.1 Å². The van der Waals surface area contributed by atoms with Crippen molar-refractivity contribution in [3.63, 3.8) is 0 Å². The Bertz CT molecular complexity index is 1200. The summed E-state index contributed by atoms with van der Waals surface area (Å²) in [6, 6.07) is 9.15. The van der Waals surface area contributed by atoms with Gasteiger partial charge in [-0.25, -0.2) is 9.37 Å². The second kappa shape index (κ2) is 10.8. The summed E-state index contributed by atoms with van der Waals surface area (Å²) in [5.74, 6) is 0.391. The predicted octanol–water partition coefficient (Wildman–Crippen LogP) is 5.43. The number of hydrogen-bond acceptors (Lipinski definition) is 6. The molecular formula is C27H30FN3O4. The molecule has 0 amide bonds. The number of rotatable bonds is 11. The van der Waals surface area contributed by atoms with E-state index >= 15 is 0 Å². The normalized spacial score (nSPS) is 14.1. The van der Waals surface area contributed by atoms with E-state index in [0.717, 1.165) is 24.6 Å². The van der Waals surface area contributed by atoms with E-state index in [9.17, 15) is 14.3 Å². The number of carbonyl (C=O) groups is 1. The van der Waals surface area contributed by atoms with E-state index in [1.165, 1.54) is 13.2 Å². The van der Waals surface area contributed by atoms with Crippen LogP contribution < -0.4 is 9.47 Å². The number of benzene rings is 1. The maximum Gasteiger partial charge on any atom is 0.303 e. The van der Waals surface area contributed by atoms with E-state index in [1.54, 1.807) is 6.20 Å². The fraction of sp³-hybridized carbons (Fsp3) is 0.407. The monoisotopic (exact) mass is 479 g/mol. The van der Waals surface area contributed by atoms with Gasteiger partial charge in [0.15, 0.2) is 5.82 Å². The van der Waals surface area contributed by atoms with Crippen molar-refractivity contribution >= 4 is 5.97 Å². The predicted molar refractivity (Wildman–Crippen MR) is 129 cm³/mol. The summed E-state index contributed by atoms with van der Waals surface area (Å²) in [4.78, 5) is 24.5. The summed E-state index contributed by atoms with van der Waals surface area (Å²) in [6.07, 6.45) is 5.58. The zero-order valence-corrected chi connectivity index (χ0v) is 20.2. The van der Waals surface area contributed by atoms with Gasteiger partial charge in [0.25, 0.3) is 0 Å². The molecule has 35 heavy (non-hydrogen) atoms. The Labute approximate surface area is 204 Å². The molecule has 1 fully saturated rings. The molecule has 1 aliphatic carbocycles. The van der Waals surface area contributed by atoms with Crippen LogP contribution in [0, 0.1) is 17.7 Å². The molecule has 0 aliphatic heterocycles. The average molecular weight is 480 g/mol. The molecule has 1 atom stereocenters. The maximum absolute atomic E-state index is 14.6. The highest BCUT2D eigenvalue weighted by molar-refractivity contribution is 5.68. The molecule has 3 aromatic rings. The lowest BCUT2D eigenvalue weighted by atomic mass is 9.91. The molecule has 2 aromatic heterocycles. The van der Waals surface area contributed by atoms with Crippen molar-refractivity contribution in [1.29, 1.82) is 0 Å². The number of hydrogen-bond donors (Lipinski definition) is 1. The molecular weight excluding hydrogens is 449 g/mol. The number of nitrogens with zero attached hydrogens (tertiary/aromatic N) is 3. The number of ether oxygens (including phenoxy) is 2. The van der Waals surface area contributed by atoms with Crippen LogP contribution >= 0.6 is 0 Å². The topological polar surface area (TPSA) is 94.4 Å². The molecule has 0 saturated heterocycles. The summed E-state index contributed by atoms with van der Waals surface area (Å²) in [7, 11) is 1.48. The molecule has 4 rings (SSSR count). The molecule has 184 valence electrons. The number of methoxy groups -OCH3 is 1. The van der Waals surface area contributed by atoms with E-state index in [2.05, 4.69) is 23.8 Å². The Morgan fingerprint density at radius 1 is 1.20 bits per heavy atom. The maximum atomic E-state index is 14.6. The van der Waals surface area contributed by atoms with Crippen LogP contribution in [0.4, 0.5) is 4.39 Å². The van der Waals surface area contributed by atoms with Crippen LogP contribution in [-0.2, 0) is 17.8 Å². The Kier molecular flexibility index (Phi) is 7.58. The highest BCUT2D eigenvalue weighted by atomic mass is 19.1. The number of aliphatic carboxylic acids is 1. The van der Waals surface area contributed by atoms with Crippen molar-refractivity contribution < 1.29 is 23.8 Å². The van der Waals surface area contributed by atoms with Gasteiger partial charge in [0, 0.05) is 11.6 Å². The quantitative estimate of drug-likeness (QED) is 0.392. The van der Waals surface area contributed by atoms with Crippen molar-refractivity contribution in [1.82, 2.24) is 15.0 Å². The fourth-order valence-electron chi connectivity index (χ4n) is 4.24. The largest absolute Gasteiger partial charge is 0.487 e. The fourth-order valence-corrected chi connectivity index (χ4v) is 4.24. The first-order chi connectivity index (χ1) is 16.8. The zero-order chi connectivity index (χ0) is 24.9. The third-order valence-corrected chi connectivity index (χ3v) is 6.05. The molecule has 0 radical (unpaired) electrons. The first-order valence-corrected chi connectivity index (χ1v) is 11.8. The summed E-state index contributed by atoms with van der Waals surface area (Å²) in [6.45, 7) is 4.32. The molecule has 1 N–H and O–H groups in total. The molecule has 1 unspecified atom stereocenters. The minimum absolute atomic E-state index is 0.0000182. The Morgan fingerprint density at radius 2 is 2.00 bits per heavy atom. The van der Waals surface area contributed by atoms with Crippen molar-refractivity contribution in [2.24, 2.45) is 11.8 Å². The summed E-state index contributed by atoms with van der Waals surface area (Å²) < 4.78 is 25.7. The van der Waals surface area contributed by atoms with Crippen LogP contribution in [0.2, 0.25) is 0 Å². The Morgan fingerprint density at radius 3 is 2.69 bits per heavy atom. The summed E-state index contributed by atoms with van der Waals surface area (Å²) in [5.41, 5.74) is 3.04. The second-order valence-electron chi connectivity index (χ2n) is 9.36. The third kappa shape index (κ3) is 6.32. The Balaban J connectivity index is 1.55. The Hall–Kier alpha value is -3.55. The van der Waals surface area contributed by atoms with E-state index in [4.69, 9.17) is 14.5 Å². The van der Waals surface area contributed by atoms with Crippen LogP contribution in [0.3, 0.4) is 0 Å². The lowest BCUT2D eigenvalue weighted by molar-refractivity contribution is -0.137. The van der Waals surface area contributed by atoms with Gasteiger partial charge in [-0.2, -0.15) is 0 Å². The van der Waals surface area contributed by atoms with Gasteiger partial charge in [-0.05, 0) is 54.7 Å². The van der Waals surface area contributed by atoms with Crippen LogP contribution in [0.15, 0.2) is 42.7 Å². The van der Waals surface area contributed by atoms with Gasteiger partial charge < -0.3 is 14.6 Å². The number of carboxylic acid groups (broad SMARTS) is 1. The number of carboxylic acids is 1. The molecule has 1 aromatic carbocycles. The smallest absolute Gasteiger partial charge is 0.303 e. The molecule has 8 heteroatoms. The highest BCUT2D eigenvalue weighted by Crippen LogP contribution is 2.45. The van der Waals surface area contributed by atoms with Gasteiger partial charge in [0.05, 0.1) is 43.0 Å². The van der Waals surface area contributed by atoms with Crippen molar-refractivity contribution in [3.8, 4) is 22.9 Å². The molecule has 7 nitrogen and oxygen atoms in total. The first-order valence-electron chi connectivity index (χ1n) is 11.8. The third-order valence-electron chi connectivity index (χ3n) is 6.05. The van der Waals surface area contributed by atoms with Gasteiger partial charge in [-0.3, -0.25) is 14.8 Å². The molecule has 1 aliphatic rings. The SMILES string of the molecule is COc1cc(-c2ncc(COc3cccc(C(CC(=O)O)C4CC4)c3)nc2CC(C)C)c(F)cn1. The van der Waals surface area contributed by atoms with E-state index < -0.39 is 11.8 Å². The van der Waals surface area contributed by atoms with Gasteiger partial charge in [-0.15, -0.1) is 0 Å². The van der Waals surface area contributed by atoms with Crippen LogP contribution in [0.5, 0.6) is 11.6 Å². The molecule has 2 heterocycles. The van der Waals surface area contributed by atoms with Crippen LogP contribution in [0.25, 0.3) is 11.3 Å². The second-order valence-corrected chi connectivity index (χ2v) is 9.36. The van der Waals surface area contributed by atoms with E-state index in [-0.39, 0.29) is 24.9 Å². The lowest BCUT2D eigenvalue weighted by Crippen LogP contribution is -2.09. The van der Waals surface area contributed by atoms with Gasteiger partial charge in [-0.1, -0.05) is 26.0 Å². The average Bonchev–Trinajstić information content (AvgIpc) is 3.67. The number of aromatic nitrogens is 3. The zero-order valence-electron chi connectivity index (χ0n) is 20.2. The molecule has 1 saturated carbocycles. The lowest BCUT2D eigenvalue weighted by Gasteiger charge is -2.16. The van der Waals surface area contributed by atoms with Crippen LogP contribution in [0.1, 0.15) is 56.0 Å². The summed E-state index contributed by atoms with van der Waals surface area (Å²) in [5, 5.41) is 9.30. The van der Waals surface area contributed by atoms with Gasteiger partial charge in [0.1, 0.15) is 12.4 Å². The summed E-state index contributed by atoms with van der Waals surface area (Å²) >= 11 is 0. The van der Waals surface area contributed by atoms with E-state index in [0.29, 0.717) is 46.6 Å². The minimum atomic E-state index is -0.787. The standard InChI is InChI=1S/C27H30FN3O4/c1-16(2)9-24-27(22-11-25(34-3)29-14-23(22)28)30-13-19(31-24)15-35-20-6-4-5-18(10-20)21(12-26(32)33)17-7-8-17/h4-6,10-11,13-14,16-17,21H,7-9,12,15H2,1-3H3,(H,32,33). The first kappa shape index (κ1) is 24.6. The van der Waals surface area contributed by atoms with Crippen LogP contribution in [-0.4, -0.2) is 33.1 Å².